The van der Waals surface area contributed by atoms with Gasteiger partial charge < -0.3 is 59.5 Å². The smallest absolute Gasteiger partial charge is 0.544 e. The maximum absolute atomic E-state index is 14.4. The van der Waals surface area contributed by atoms with E-state index in [-0.39, 0.29) is 107 Å². The number of carbonyl (C=O) groups excluding carboxylic acids is 10. The number of sulfonamides is 2. The SMILES string of the molecule is CC(C)(C)OC(=O)N[C@H]1CCCCC/C=C\[C@@H]2C[C@@]2(C(=O)NS(=O)(=O)C2CC2)NC(=O)[C@@H]2C[C@@H](OC(=O)N3Cc4cccc(F)c4C3)CN2C1=O.CC(C)(C)OC(=O)N[C@H]1CCCCC/C=C\[C@@H]2C[C@@]2(C(=O)[N-]S(=O)(=O)C2CC2)NC(=O)[C@@H]2C[C@@H](OC(=O)N3Cc4cccc(F)c4C3)CN2C1=O.[Na+]. The fraction of sp³-hybridized carbons (Fsp3) is 0.629. The van der Waals surface area contributed by atoms with Crippen molar-refractivity contribution in [1.29, 1.82) is 0 Å². The zero-order valence-electron chi connectivity index (χ0n) is 59.2. The van der Waals surface area contributed by atoms with Gasteiger partial charge in [0.15, 0.2) is 0 Å². The molecule has 10 aliphatic rings. The Hall–Kier alpha value is -7.42. The van der Waals surface area contributed by atoms with E-state index in [1.165, 1.54) is 31.7 Å². The zero-order chi connectivity index (χ0) is 73.4. The molecule has 103 heavy (non-hydrogen) atoms. The van der Waals surface area contributed by atoms with E-state index < -0.39 is 172 Å². The minimum Gasteiger partial charge on any atom is -0.544 e. The van der Waals surface area contributed by atoms with Crippen molar-refractivity contribution in [3.05, 3.63) is 99.3 Å². The Kier molecular flexibility index (Phi) is 23.8. The van der Waals surface area contributed by atoms with E-state index in [4.69, 9.17) is 18.9 Å². The second-order valence-electron chi connectivity index (χ2n) is 30.3. The summed E-state index contributed by atoms with van der Waals surface area (Å²) in [7, 11) is -7.96. The minimum absolute atomic E-state index is 0. The fourth-order valence-corrected chi connectivity index (χ4v) is 16.6. The van der Waals surface area contributed by atoms with E-state index in [0.717, 1.165) is 19.3 Å². The zero-order valence-corrected chi connectivity index (χ0v) is 62.8. The summed E-state index contributed by atoms with van der Waals surface area (Å²) in [6.45, 7) is 10.0. The van der Waals surface area contributed by atoms with E-state index in [2.05, 4.69) is 30.7 Å². The van der Waals surface area contributed by atoms with Crippen molar-refractivity contribution in [2.45, 2.75) is 252 Å². The molecule has 6 fully saturated rings. The number of amides is 10. The van der Waals surface area contributed by atoms with E-state index in [1.54, 1.807) is 71.9 Å². The maximum Gasteiger partial charge on any atom is 1.00 e. The predicted octanol–water partition coefficient (Wildman–Crippen LogP) is 4.08. The Balaban J connectivity index is 0.000000219. The third-order valence-electron chi connectivity index (χ3n) is 19.9. The number of carbonyl (C=O) groups is 10. The number of rotatable bonds is 10. The summed E-state index contributed by atoms with van der Waals surface area (Å²) in [6, 6.07) is 4.57. The van der Waals surface area contributed by atoms with Crippen LogP contribution in [0.1, 0.15) is 179 Å². The Morgan fingerprint density at radius 3 is 1.43 bits per heavy atom. The molecule has 4 saturated carbocycles. The number of allylic oxidation sites excluding steroid dienone is 2. The number of halogens is 2. The van der Waals surface area contributed by atoms with E-state index in [9.17, 15) is 73.6 Å². The first-order valence-electron chi connectivity index (χ1n) is 35.2. The molecule has 10 atom stereocenters. The monoisotopic (exact) mass is 1480 g/mol. The summed E-state index contributed by atoms with van der Waals surface area (Å²) in [5, 5.41) is 9.48. The average Bonchev–Trinajstić information content (AvgIpc) is 1.58. The van der Waals surface area contributed by atoms with Crippen LogP contribution in [-0.4, -0.2) is 178 Å². The largest absolute Gasteiger partial charge is 1.00 e. The van der Waals surface area contributed by atoms with Crippen molar-refractivity contribution >= 4 is 79.9 Å². The van der Waals surface area contributed by atoms with Gasteiger partial charge >= 0.3 is 53.9 Å². The van der Waals surface area contributed by atoms with Crippen molar-refractivity contribution in [3.63, 3.8) is 0 Å². The van der Waals surface area contributed by atoms with Crippen molar-refractivity contribution in [2.24, 2.45) is 11.8 Å². The quantitative estimate of drug-likeness (QED) is 0.127. The molecule has 2 aromatic rings. The van der Waals surface area contributed by atoms with Crippen LogP contribution >= 0.6 is 0 Å². The van der Waals surface area contributed by atoms with Crippen LogP contribution in [0.3, 0.4) is 0 Å². The molecule has 0 bridgehead atoms. The van der Waals surface area contributed by atoms with Crippen molar-refractivity contribution in [3.8, 4) is 0 Å². The maximum atomic E-state index is 14.4. The van der Waals surface area contributed by atoms with Gasteiger partial charge in [0, 0.05) is 54.1 Å². The number of fused-ring (bicyclic) bond motifs is 6. The van der Waals surface area contributed by atoms with E-state index >= 15 is 0 Å². The molecule has 5 N–H and O–H groups in total. The van der Waals surface area contributed by atoms with Gasteiger partial charge in [0.1, 0.15) is 64.8 Å². The van der Waals surface area contributed by atoms with Crippen LogP contribution in [0, 0.1) is 23.5 Å². The molecule has 6 heterocycles. The second-order valence-corrected chi connectivity index (χ2v) is 34.2. The van der Waals surface area contributed by atoms with Crippen molar-refractivity contribution in [2.75, 3.05) is 13.1 Å². The molecule has 0 aromatic heterocycles. The van der Waals surface area contributed by atoms with Crippen LogP contribution in [-0.2, 0) is 93.9 Å². The third kappa shape index (κ3) is 19.0. The molecular weight excluding hydrogens is 1390 g/mol. The van der Waals surface area contributed by atoms with Crippen LogP contribution in [0.25, 0.3) is 4.72 Å². The van der Waals surface area contributed by atoms with Crippen molar-refractivity contribution in [1.82, 2.24) is 45.6 Å². The molecule has 2 saturated heterocycles. The Bertz CT molecular complexity index is 3710. The van der Waals surface area contributed by atoms with Crippen molar-refractivity contribution < 1.29 is 122 Å². The topological polar surface area (TPSA) is 363 Å². The summed E-state index contributed by atoms with van der Waals surface area (Å²) in [5.74, 6) is -6.32. The summed E-state index contributed by atoms with van der Waals surface area (Å²) < 4.78 is 108. The summed E-state index contributed by atoms with van der Waals surface area (Å²) in [5.41, 5.74) is -2.78. The standard InChI is InChI=1S/2C35H46FN5O9S.Na/c2*1-34(2,3)50-32(45)37-27-13-8-6-4-5-7-11-22-17-35(22,31(44)39-51(47,48)24-14-15-24)38-29(42)28-16-23(19-41(28)30(27)43)49-33(46)40-18-21-10-9-12-26(36)25(21)20-40;/h7,9-12,22-24,27-28H,4-6,8,13-20H2,1-3H3,(H,37,45)(H,38,42)(H,39,44);7,9-12,22-24,27-28H,4-6,8,13-20H2,1-3H3,(H3,37,38,39,42,44,45);/q;;+1/p-1/b2*11-7-;/t2*22-,23-,27+,28+,35-;/m11./s1. The van der Waals surface area contributed by atoms with Gasteiger partial charge in [0.05, 0.1) is 52.9 Å². The third-order valence-corrected chi connectivity index (χ3v) is 23.5. The normalized spacial score (nSPS) is 28.7. The fourth-order valence-electron chi connectivity index (χ4n) is 14.0. The molecule has 0 spiro atoms. The number of ether oxygens (including phenoxy) is 4. The minimum atomic E-state index is -4.04. The number of hydrogen-bond donors (Lipinski definition) is 5. The average molecular weight is 1490 g/mol. The molecule has 12 rings (SSSR count). The molecule has 2 aromatic carbocycles. The molecule has 0 radical (unpaired) electrons. The van der Waals surface area contributed by atoms with Crippen LogP contribution in [0.5, 0.6) is 0 Å². The number of alkyl carbamates (subject to hydrolysis) is 2. The Labute approximate surface area is 620 Å². The number of benzene rings is 2. The van der Waals surface area contributed by atoms with Crippen LogP contribution in [0.2, 0.25) is 0 Å². The van der Waals surface area contributed by atoms with Gasteiger partial charge in [-0.15, -0.1) is 0 Å². The molecule has 28 nitrogen and oxygen atoms in total. The summed E-state index contributed by atoms with van der Waals surface area (Å²) in [4.78, 5) is 141. The van der Waals surface area contributed by atoms with E-state index in [1.807, 2.05) is 18.2 Å². The molecular formula is C70H91F2N10NaO18S2. The van der Waals surface area contributed by atoms with Gasteiger partial charge in [0.2, 0.25) is 33.7 Å². The molecule has 6 aliphatic heterocycles. The van der Waals surface area contributed by atoms with Gasteiger partial charge in [-0.05, 0) is 142 Å². The molecule has 4 aliphatic carbocycles. The first kappa shape index (κ1) is 78.2. The number of nitrogens with zero attached hydrogens (tertiary/aromatic N) is 5. The summed E-state index contributed by atoms with van der Waals surface area (Å²) >= 11 is 0. The van der Waals surface area contributed by atoms with Gasteiger partial charge in [-0.25, -0.2) is 44.8 Å². The summed E-state index contributed by atoms with van der Waals surface area (Å²) in [6.07, 6.45) is 10.0. The molecule has 33 heteroatoms. The van der Waals surface area contributed by atoms with Gasteiger partial charge in [-0.1, -0.05) is 74.3 Å². The Morgan fingerprint density at radius 2 is 1.00 bits per heavy atom. The van der Waals surface area contributed by atoms with Gasteiger partial charge in [-0.3, -0.25) is 38.5 Å². The molecule has 10 amide bonds. The van der Waals surface area contributed by atoms with Gasteiger partial charge in [-0.2, -0.15) is 0 Å². The second kappa shape index (κ2) is 31.3. The predicted molar refractivity (Wildman–Crippen MR) is 361 cm³/mol. The molecule has 0 unspecified atom stereocenters. The first-order valence-corrected chi connectivity index (χ1v) is 38.3. The van der Waals surface area contributed by atoms with E-state index in [0.29, 0.717) is 80.0 Å². The van der Waals surface area contributed by atoms with Gasteiger partial charge in [0.25, 0.3) is 5.91 Å². The van der Waals surface area contributed by atoms with Crippen LogP contribution in [0.4, 0.5) is 28.0 Å². The van der Waals surface area contributed by atoms with Crippen LogP contribution in [0.15, 0.2) is 60.7 Å². The molecule has 556 valence electrons. The number of hydrogen-bond acceptors (Lipinski definition) is 18. The van der Waals surface area contributed by atoms with Crippen LogP contribution < -0.4 is 55.5 Å². The first-order chi connectivity index (χ1) is 48.1. The number of nitrogens with one attached hydrogen (secondary N) is 5. The Morgan fingerprint density at radius 1 is 0.573 bits per heavy atom.